The molecule has 2 nitrogen and oxygen atoms in total. The van der Waals surface area contributed by atoms with E-state index in [9.17, 15) is 0 Å². The summed E-state index contributed by atoms with van der Waals surface area (Å²) in [5.74, 6) is 0. The third-order valence-corrected chi connectivity index (χ3v) is 3.60. The highest BCUT2D eigenvalue weighted by Gasteiger charge is 2.14. The highest BCUT2D eigenvalue weighted by atomic mass is 15.0. The Balaban J connectivity index is 2.47. The summed E-state index contributed by atoms with van der Waals surface area (Å²) >= 11 is 0. The Labute approximate surface area is 107 Å². The van der Waals surface area contributed by atoms with Crippen LogP contribution >= 0.6 is 0 Å². The minimum atomic E-state index is 1.00. The number of aryl methyl sites for hydroxylation is 2. The minimum absolute atomic E-state index is 1.00. The predicted molar refractivity (Wildman–Crippen MR) is 73.2 cm³/mol. The van der Waals surface area contributed by atoms with Gasteiger partial charge in [-0.05, 0) is 26.0 Å². The van der Waals surface area contributed by atoms with Gasteiger partial charge in [0.2, 0.25) is 11.0 Å². The zero-order valence-electron chi connectivity index (χ0n) is 10.9. The molecule has 0 saturated carbocycles. The quantitative estimate of drug-likeness (QED) is 0.479. The average Bonchev–Trinajstić information content (AvgIpc) is 2.45. The summed E-state index contributed by atoms with van der Waals surface area (Å²) in [4.78, 5) is 0. The minimum Gasteiger partial charge on any atom is -0.199 e. The number of hydrogen-bond acceptors (Lipinski definition) is 0. The van der Waals surface area contributed by atoms with Crippen molar-refractivity contribution in [3.63, 3.8) is 0 Å². The molecule has 0 amide bonds. The van der Waals surface area contributed by atoms with Gasteiger partial charge >= 0.3 is 0 Å². The maximum Gasteiger partial charge on any atom is 0.213 e. The van der Waals surface area contributed by atoms with Crippen molar-refractivity contribution in [2.75, 3.05) is 0 Å². The highest BCUT2D eigenvalue weighted by Crippen LogP contribution is 2.20. The zero-order valence-corrected chi connectivity index (χ0v) is 10.9. The van der Waals surface area contributed by atoms with E-state index in [4.69, 9.17) is 0 Å². The molecular formula is C16H18N2+2. The average molecular weight is 238 g/mol. The number of benzene rings is 1. The lowest BCUT2D eigenvalue weighted by atomic mass is 10.1. The van der Waals surface area contributed by atoms with Crippen LogP contribution in [-0.2, 0) is 13.1 Å². The number of hydrogen-bond donors (Lipinski definition) is 0. The molecule has 0 saturated heterocycles. The van der Waals surface area contributed by atoms with Crippen molar-refractivity contribution in [3.05, 3.63) is 48.8 Å². The zero-order chi connectivity index (χ0) is 12.5. The van der Waals surface area contributed by atoms with Gasteiger partial charge in [-0.1, -0.05) is 0 Å². The molecule has 0 spiro atoms. The van der Waals surface area contributed by atoms with Crippen LogP contribution in [0.15, 0.2) is 48.8 Å². The first-order chi connectivity index (χ1) is 8.85. The van der Waals surface area contributed by atoms with Crippen LogP contribution in [0.4, 0.5) is 0 Å². The first-order valence-electron chi connectivity index (χ1n) is 6.58. The Kier molecular flexibility index (Phi) is 2.71. The Morgan fingerprint density at radius 2 is 1.17 bits per heavy atom. The maximum atomic E-state index is 2.29. The molecule has 0 fully saturated rings. The Bertz CT molecular complexity index is 654. The predicted octanol–water partition coefficient (Wildman–Crippen LogP) is 2.61. The number of pyridine rings is 2. The van der Waals surface area contributed by atoms with Crippen LogP contribution in [0.25, 0.3) is 21.8 Å². The molecule has 1 aromatic carbocycles. The van der Waals surface area contributed by atoms with Crippen molar-refractivity contribution in [3.8, 4) is 0 Å². The fourth-order valence-corrected chi connectivity index (χ4v) is 2.66. The molecule has 0 aliphatic heterocycles. The molecule has 0 aliphatic rings. The molecule has 0 atom stereocenters. The summed E-state index contributed by atoms with van der Waals surface area (Å²) in [6.45, 7) is 6.37. The molecule has 0 aliphatic carbocycles. The van der Waals surface area contributed by atoms with E-state index in [1.165, 1.54) is 21.8 Å². The second-order valence-corrected chi connectivity index (χ2v) is 4.52. The van der Waals surface area contributed by atoms with Gasteiger partial charge in [0.15, 0.2) is 12.4 Å². The maximum absolute atomic E-state index is 2.29. The molecule has 2 heteroatoms. The van der Waals surface area contributed by atoms with E-state index in [-0.39, 0.29) is 0 Å². The van der Waals surface area contributed by atoms with Gasteiger partial charge in [-0.15, -0.1) is 0 Å². The van der Waals surface area contributed by atoms with Crippen molar-refractivity contribution in [2.24, 2.45) is 0 Å². The van der Waals surface area contributed by atoms with Crippen LogP contribution in [0.3, 0.4) is 0 Å². The van der Waals surface area contributed by atoms with E-state index in [0.29, 0.717) is 0 Å². The molecular weight excluding hydrogens is 220 g/mol. The van der Waals surface area contributed by atoms with Crippen molar-refractivity contribution in [1.82, 2.24) is 0 Å². The number of aromatic nitrogens is 2. The molecule has 18 heavy (non-hydrogen) atoms. The Hall–Kier alpha value is -1.96. The summed E-state index contributed by atoms with van der Waals surface area (Å²) in [6.07, 6.45) is 4.29. The first-order valence-corrected chi connectivity index (χ1v) is 6.58. The van der Waals surface area contributed by atoms with E-state index in [0.717, 1.165) is 13.1 Å². The monoisotopic (exact) mass is 238 g/mol. The molecule has 2 aromatic heterocycles. The summed E-state index contributed by atoms with van der Waals surface area (Å²) in [6, 6.07) is 13.2. The molecule has 3 aromatic rings. The lowest BCUT2D eigenvalue weighted by Crippen LogP contribution is -2.34. The molecule has 2 heterocycles. The van der Waals surface area contributed by atoms with Gasteiger partial charge in [-0.25, -0.2) is 0 Å². The number of rotatable bonds is 2. The topological polar surface area (TPSA) is 7.76 Å². The first kappa shape index (κ1) is 11.1. The smallest absolute Gasteiger partial charge is 0.199 e. The number of nitrogens with zero attached hydrogens (tertiary/aromatic N) is 2. The summed E-state index contributed by atoms with van der Waals surface area (Å²) < 4.78 is 4.58. The lowest BCUT2D eigenvalue weighted by molar-refractivity contribution is -0.669. The van der Waals surface area contributed by atoms with Gasteiger partial charge in [0, 0.05) is 24.3 Å². The molecule has 0 unspecified atom stereocenters. The summed E-state index contributed by atoms with van der Waals surface area (Å²) in [5.41, 5.74) is 2.61. The van der Waals surface area contributed by atoms with Crippen LogP contribution in [0.2, 0.25) is 0 Å². The SMILES string of the molecule is CC[n+]1cccc2c3ccc[n+](CC)c3ccc21. The van der Waals surface area contributed by atoms with Crippen molar-refractivity contribution >= 4 is 21.8 Å². The van der Waals surface area contributed by atoms with E-state index in [2.05, 4.69) is 71.8 Å². The molecule has 0 bridgehead atoms. The third-order valence-electron chi connectivity index (χ3n) is 3.60. The molecule has 0 radical (unpaired) electrons. The summed E-state index contributed by atoms with van der Waals surface area (Å²) in [5, 5.41) is 2.67. The van der Waals surface area contributed by atoms with E-state index in [1.807, 2.05) is 0 Å². The van der Waals surface area contributed by atoms with Crippen molar-refractivity contribution in [1.29, 1.82) is 0 Å². The van der Waals surface area contributed by atoms with E-state index >= 15 is 0 Å². The van der Waals surface area contributed by atoms with Crippen LogP contribution in [0, 0.1) is 0 Å². The van der Waals surface area contributed by atoms with Gasteiger partial charge in [-0.3, -0.25) is 0 Å². The van der Waals surface area contributed by atoms with Gasteiger partial charge in [0.25, 0.3) is 0 Å². The van der Waals surface area contributed by atoms with E-state index in [1.54, 1.807) is 0 Å². The van der Waals surface area contributed by atoms with Crippen LogP contribution < -0.4 is 9.13 Å². The fourth-order valence-electron chi connectivity index (χ4n) is 2.66. The second kappa shape index (κ2) is 4.37. The molecule has 0 N–H and O–H groups in total. The molecule has 90 valence electrons. The lowest BCUT2D eigenvalue weighted by Gasteiger charge is -2.03. The van der Waals surface area contributed by atoms with Gasteiger partial charge in [0.1, 0.15) is 13.1 Å². The van der Waals surface area contributed by atoms with Gasteiger partial charge < -0.3 is 0 Å². The van der Waals surface area contributed by atoms with Gasteiger partial charge in [0.05, 0.1) is 10.8 Å². The normalized spacial score (nSPS) is 11.2. The third kappa shape index (κ3) is 1.57. The standard InChI is InChI=1S/C16H18N2/c1-3-17-11-5-7-13-14-8-6-12-18(4-2)16(14)10-9-15(13)17/h5-12H,3-4H2,1-2H3/q+2. The Morgan fingerprint density at radius 3 is 1.56 bits per heavy atom. The molecule has 3 rings (SSSR count). The largest absolute Gasteiger partial charge is 0.213 e. The van der Waals surface area contributed by atoms with Crippen LogP contribution in [0.5, 0.6) is 0 Å². The fraction of sp³-hybridized carbons (Fsp3) is 0.250. The second-order valence-electron chi connectivity index (χ2n) is 4.52. The van der Waals surface area contributed by atoms with Crippen LogP contribution in [-0.4, -0.2) is 0 Å². The van der Waals surface area contributed by atoms with Crippen molar-refractivity contribution in [2.45, 2.75) is 26.9 Å². The highest BCUT2D eigenvalue weighted by molar-refractivity contribution is 6.02. The Morgan fingerprint density at radius 1 is 0.722 bits per heavy atom. The van der Waals surface area contributed by atoms with Crippen molar-refractivity contribution < 1.29 is 9.13 Å². The van der Waals surface area contributed by atoms with Gasteiger partial charge in [-0.2, -0.15) is 9.13 Å². The van der Waals surface area contributed by atoms with Crippen LogP contribution in [0.1, 0.15) is 13.8 Å². The number of fused-ring (bicyclic) bond motifs is 3. The summed E-state index contributed by atoms with van der Waals surface area (Å²) in [7, 11) is 0. The van der Waals surface area contributed by atoms with E-state index < -0.39 is 0 Å².